The molecule has 1 fully saturated rings. The lowest BCUT2D eigenvalue weighted by Crippen LogP contribution is -2.40. The molecule has 1 heterocycles. The molecule has 0 unspecified atom stereocenters. The summed E-state index contributed by atoms with van der Waals surface area (Å²) in [6, 6.07) is 11.0. The highest BCUT2D eigenvalue weighted by molar-refractivity contribution is 7.92. The Morgan fingerprint density at radius 1 is 0.966 bits per heavy atom. The normalized spacial score (nSPS) is 15.8. The van der Waals surface area contributed by atoms with Crippen molar-refractivity contribution in [3.63, 3.8) is 0 Å². The number of para-hydroxylation sites is 1. The maximum atomic E-state index is 13.0. The van der Waals surface area contributed by atoms with Crippen LogP contribution in [0.25, 0.3) is 0 Å². The Morgan fingerprint density at radius 2 is 1.52 bits per heavy atom. The zero-order valence-corrected chi connectivity index (χ0v) is 17.3. The lowest BCUT2D eigenvalue weighted by atomic mass is 10.2. The minimum absolute atomic E-state index is 0.00135. The molecule has 3 rings (SSSR count). The Morgan fingerprint density at radius 3 is 2.10 bits per heavy atom. The van der Waals surface area contributed by atoms with Crippen LogP contribution in [-0.2, 0) is 24.8 Å². The van der Waals surface area contributed by atoms with Crippen molar-refractivity contribution >= 4 is 31.6 Å². The average molecular weight is 440 g/mol. The molecule has 0 bridgehead atoms. The van der Waals surface area contributed by atoms with Crippen LogP contribution in [-0.4, -0.2) is 60.4 Å². The number of anilines is 1. The molecule has 0 aromatic heterocycles. The van der Waals surface area contributed by atoms with Crippen molar-refractivity contribution < 1.29 is 26.4 Å². The number of amides is 1. The summed E-state index contributed by atoms with van der Waals surface area (Å²) in [5, 5.41) is 0. The third-order valence-corrected chi connectivity index (χ3v) is 8.30. The van der Waals surface area contributed by atoms with Gasteiger partial charge in [0.15, 0.2) is 0 Å². The second-order valence-corrected chi connectivity index (χ2v) is 10.2. The van der Waals surface area contributed by atoms with Gasteiger partial charge in [-0.3, -0.25) is 9.10 Å². The molecule has 29 heavy (non-hydrogen) atoms. The van der Waals surface area contributed by atoms with Gasteiger partial charge in [0, 0.05) is 20.1 Å². The smallest absolute Gasteiger partial charge is 0.264 e. The molecule has 0 aliphatic carbocycles. The number of rotatable bonds is 6. The lowest BCUT2D eigenvalue weighted by Gasteiger charge is -2.26. The largest absolute Gasteiger partial charge is 0.379 e. The first-order chi connectivity index (χ1) is 13.7. The summed E-state index contributed by atoms with van der Waals surface area (Å²) in [5.41, 5.74) is 5.52. The van der Waals surface area contributed by atoms with E-state index < -0.39 is 26.0 Å². The number of ether oxygens (including phenoxy) is 1. The molecule has 9 nitrogen and oxygen atoms in total. The summed E-state index contributed by atoms with van der Waals surface area (Å²) in [5.74, 6) is -0.755. The lowest BCUT2D eigenvalue weighted by molar-refractivity contribution is 0.0730. The van der Waals surface area contributed by atoms with Gasteiger partial charge in [-0.25, -0.2) is 16.8 Å². The number of hydrogen-bond acceptors (Lipinski definition) is 6. The van der Waals surface area contributed by atoms with Gasteiger partial charge in [-0.1, -0.05) is 12.1 Å². The molecular weight excluding hydrogens is 418 g/mol. The minimum Gasteiger partial charge on any atom is -0.379 e. The Balaban J connectivity index is 1.92. The fourth-order valence-electron chi connectivity index (χ4n) is 2.96. The van der Waals surface area contributed by atoms with Gasteiger partial charge >= 0.3 is 0 Å². The van der Waals surface area contributed by atoms with E-state index in [2.05, 4.69) is 0 Å². The van der Waals surface area contributed by atoms with Crippen molar-refractivity contribution in [3.8, 4) is 0 Å². The molecule has 1 aliphatic heterocycles. The predicted octanol–water partition coefficient (Wildman–Crippen LogP) is 0.632. The number of morpholine rings is 1. The summed E-state index contributed by atoms with van der Waals surface area (Å²) in [6.07, 6.45) is 0. The van der Waals surface area contributed by atoms with Crippen LogP contribution in [0, 0.1) is 0 Å². The van der Waals surface area contributed by atoms with Gasteiger partial charge in [0.05, 0.1) is 34.3 Å². The molecule has 1 aliphatic rings. The molecule has 2 N–H and O–H groups in total. The number of sulfonamides is 2. The second kappa shape index (κ2) is 8.11. The maximum Gasteiger partial charge on any atom is 0.264 e. The van der Waals surface area contributed by atoms with Crippen LogP contribution in [0.2, 0.25) is 0 Å². The SMILES string of the molecule is CN(c1ccccc1C(N)=O)S(=O)(=O)c1ccc(S(=O)(=O)N2CCOCC2)cc1. The quantitative estimate of drug-likeness (QED) is 0.703. The standard InChI is InChI=1S/C18H21N3O6S2/c1-20(17-5-3-2-4-16(17)18(19)22)28(23,24)14-6-8-15(9-7-14)29(25,26)21-10-12-27-13-11-21/h2-9H,10-13H2,1H3,(H2,19,22). The zero-order chi connectivity index (χ0) is 21.2. The van der Waals surface area contributed by atoms with Gasteiger partial charge in [0.2, 0.25) is 10.0 Å². The first kappa shape index (κ1) is 21.2. The van der Waals surface area contributed by atoms with Crippen LogP contribution < -0.4 is 10.0 Å². The van der Waals surface area contributed by atoms with E-state index in [4.69, 9.17) is 10.5 Å². The van der Waals surface area contributed by atoms with Crippen LogP contribution in [0.3, 0.4) is 0 Å². The van der Waals surface area contributed by atoms with Gasteiger partial charge in [-0.05, 0) is 36.4 Å². The number of hydrogen-bond donors (Lipinski definition) is 1. The zero-order valence-electron chi connectivity index (χ0n) is 15.7. The van der Waals surface area contributed by atoms with Gasteiger partial charge in [0.1, 0.15) is 0 Å². The number of nitrogens with two attached hydrogens (primary N) is 1. The van der Waals surface area contributed by atoms with E-state index in [-0.39, 0.29) is 34.1 Å². The average Bonchev–Trinajstić information content (AvgIpc) is 2.73. The van der Waals surface area contributed by atoms with E-state index in [1.807, 2.05) is 0 Å². The number of nitrogens with zero attached hydrogens (tertiary/aromatic N) is 2. The van der Waals surface area contributed by atoms with Gasteiger partial charge in [0.25, 0.3) is 15.9 Å². The van der Waals surface area contributed by atoms with Crippen molar-refractivity contribution in [1.29, 1.82) is 0 Å². The summed E-state index contributed by atoms with van der Waals surface area (Å²) >= 11 is 0. The molecule has 0 saturated carbocycles. The highest BCUT2D eigenvalue weighted by Crippen LogP contribution is 2.26. The van der Waals surface area contributed by atoms with Gasteiger partial charge in [-0.2, -0.15) is 4.31 Å². The first-order valence-corrected chi connectivity index (χ1v) is 11.6. The van der Waals surface area contributed by atoms with Crippen LogP contribution in [0.1, 0.15) is 10.4 Å². The Labute approximate surface area is 169 Å². The van der Waals surface area contributed by atoms with Gasteiger partial charge in [-0.15, -0.1) is 0 Å². The van der Waals surface area contributed by atoms with Crippen molar-refractivity contribution in [1.82, 2.24) is 4.31 Å². The summed E-state index contributed by atoms with van der Waals surface area (Å²) < 4.78 is 58.7. The van der Waals surface area contributed by atoms with E-state index in [1.165, 1.54) is 47.8 Å². The molecule has 2 aromatic rings. The highest BCUT2D eigenvalue weighted by atomic mass is 32.2. The molecule has 0 radical (unpaired) electrons. The third-order valence-electron chi connectivity index (χ3n) is 4.60. The summed E-state index contributed by atoms with van der Waals surface area (Å²) in [7, 11) is -6.47. The second-order valence-electron chi connectivity index (χ2n) is 6.34. The predicted molar refractivity (Wildman–Crippen MR) is 107 cm³/mol. The van der Waals surface area contributed by atoms with E-state index in [9.17, 15) is 21.6 Å². The number of benzene rings is 2. The van der Waals surface area contributed by atoms with Crippen molar-refractivity contribution in [2.24, 2.45) is 5.73 Å². The number of primary amides is 1. The van der Waals surface area contributed by atoms with Crippen molar-refractivity contribution in [2.75, 3.05) is 37.7 Å². The molecule has 0 spiro atoms. The number of carbonyl (C=O) groups is 1. The number of carbonyl (C=O) groups excluding carboxylic acids is 1. The van der Waals surface area contributed by atoms with Crippen LogP contribution in [0.5, 0.6) is 0 Å². The molecule has 0 atom stereocenters. The van der Waals surface area contributed by atoms with E-state index >= 15 is 0 Å². The molecular formula is C18H21N3O6S2. The fraction of sp³-hybridized carbons (Fsp3) is 0.278. The third kappa shape index (κ3) is 4.13. The molecule has 2 aromatic carbocycles. The Bertz CT molecular complexity index is 1110. The first-order valence-electron chi connectivity index (χ1n) is 8.71. The monoisotopic (exact) mass is 439 g/mol. The Hall–Kier alpha value is -2.47. The highest BCUT2D eigenvalue weighted by Gasteiger charge is 2.28. The molecule has 11 heteroatoms. The Kier molecular flexibility index (Phi) is 5.94. The van der Waals surface area contributed by atoms with Crippen molar-refractivity contribution in [3.05, 3.63) is 54.1 Å². The van der Waals surface area contributed by atoms with Crippen LogP contribution in [0.15, 0.2) is 58.3 Å². The molecule has 156 valence electrons. The summed E-state index contributed by atoms with van der Waals surface area (Å²) in [4.78, 5) is 11.5. The van der Waals surface area contributed by atoms with Gasteiger partial charge < -0.3 is 10.5 Å². The maximum absolute atomic E-state index is 13.0. The molecule has 1 amide bonds. The fourth-order valence-corrected chi connectivity index (χ4v) is 5.59. The van der Waals surface area contributed by atoms with E-state index in [0.717, 1.165) is 4.31 Å². The summed E-state index contributed by atoms with van der Waals surface area (Å²) in [6.45, 7) is 1.12. The minimum atomic E-state index is -4.04. The van der Waals surface area contributed by atoms with Crippen molar-refractivity contribution in [2.45, 2.75) is 9.79 Å². The topological polar surface area (TPSA) is 127 Å². The van der Waals surface area contributed by atoms with E-state index in [0.29, 0.717) is 13.2 Å². The van der Waals surface area contributed by atoms with Crippen LogP contribution >= 0.6 is 0 Å². The van der Waals surface area contributed by atoms with E-state index in [1.54, 1.807) is 12.1 Å². The van der Waals surface area contributed by atoms with Crippen LogP contribution in [0.4, 0.5) is 5.69 Å². The molecule has 1 saturated heterocycles.